The van der Waals surface area contributed by atoms with Crippen LogP contribution in [0.25, 0.3) is 0 Å². The summed E-state index contributed by atoms with van der Waals surface area (Å²) in [4.78, 5) is 2.37. The maximum Gasteiger partial charge on any atom is 0.0642 e. The van der Waals surface area contributed by atoms with E-state index in [4.69, 9.17) is 17.3 Å². The molecule has 0 radical (unpaired) electrons. The first-order chi connectivity index (χ1) is 9.13. The molecule has 2 N–H and O–H groups in total. The van der Waals surface area contributed by atoms with Crippen LogP contribution in [0.3, 0.4) is 0 Å². The van der Waals surface area contributed by atoms with Crippen molar-refractivity contribution in [3.63, 3.8) is 0 Å². The molecule has 2 unspecified atom stereocenters. The molecule has 1 aromatic carbocycles. The van der Waals surface area contributed by atoms with E-state index >= 15 is 0 Å². The van der Waals surface area contributed by atoms with Gasteiger partial charge in [-0.2, -0.15) is 0 Å². The predicted octanol–water partition coefficient (Wildman–Crippen LogP) is 3.86. The molecule has 0 heterocycles. The normalized spacial score (nSPS) is 23.4. The van der Waals surface area contributed by atoms with E-state index in [0.717, 1.165) is 23.0 Å². The molecule has 1 fully saturated rings. The number of nitrogens with two attached hydrogens (primary N) is 1. The monoisotopic (exact) mass is 280 g/mol. The van der Waals surface area contributed by atoms with Gasteiger partial charge in [-0.25, -0.2) is 0 Å². The molecule has 0 bridgehead atoms. The van der Waals surface area contributed by atoms with Crippen molar-refractivity contribution in [2.75, 3.05) is 18.5 Å². The van der Waals surface area contributed by atoms with E-state index < -0.39 is 0 Å². The van der Waals surface area contributed by atoms with Crippen molar-refractivity contribution in [3.05, 3.63) is 28.8 Å². The number of hydrogen-bond donors (Lipinski definition) is 1. The van der Waals surface area contributed by atoms with Crippen LogP contribution in [0.5, 0.6) is 0 Å². The molecule has 2 nitrogen and oxygen atoms in total. The van der Waals surface area contributed by atoms with Crippen LogP contribution in [0.2, 0.25) is 5.02 Å². The molecule has 0 spiro atoms. The maximum absolute atomic E-state index is 6.44. The van der Waals surface area contributed by atoms with E-state index in [-0.39, 0.29) is 0 Å². The Kier molecular flexibility index (Phi) is 5.12. The van der Waals surface area contributed by atoms with Crippen LogP contribution < -0.4 is 10.6 Å². The zero-order valence-electron chi connectivity index (χ0n) is 12.0. The Labute approximate surface area is 121 Å². The number of benzene rings is 1. The van der Waals surface area contributed by atoms with Crippen LogP contribution in [-0.4, -0.2) is 19.6 Å². The molecule has 2 rings (SSSR count). The zero-order valence-corrected chi connectivity index (χ0v) is 12.8. The smallest absolute Gasteiger partial charge is 0.0642 e. The summed E-state index contributed by atoms with van der Waals surface area (Å²) in [6, 6.07) is 6.98. The van der Waals surface area contributed by atoms with Crippen molar-refractivity contribution in [3.8, 4) is 0 Å². The lowest BCUT2D eigenvalue weighted by atomic mass is 9.85. The van der Waals surface area contributed by atoms with E-state index in [0.29, 0.717) is 12.6 Å². The van der Waals surface area contributed by atoms with Gasteiger partial charge in [-0.15, -0.1) is 0 Å². The fourth-order valence-corrected chi connectivity index (χ4v) is 3.55. The quantitative estimate of drug-likeness (QED) is 0.907. The second-order valence-corrected chi connectivity index (χ2v) is 6.17. The Morgan fingerprint density at radius 1 is 1.32 bits per heavy atom. The molecule has 106 valence electrons. The van der Waals surface area contributed by atoms with Gasteiger partial charge >= 0.3 is 0 Å². The molecule has 19 heavy (non-hydrogen) atoms. The Morgan fingerprint density at radius 3 is 2.68 bits per heavy atom. The lowest BCUT2D eigenvalue weighted by Gasteiger charge is -2.38. The fourth-order valence-electron chi connectivity index (χ4n) is 3.21. The highest BCUT2D eigenvalue weighted by Gasteiger charge is 2.26. The molecular formula is C16H25ClN2. The van der Waals surface area contributed by atoms with Crippen molar-refractivity contribution < 1.29 is 0 Å². The SMILES string of the molecule is CC1CCCCC1N(C)c1ccc(CCN)cc1Cl. The summed E-state index contributed by atoms with van der Waals surface area (Å²) in [6.45, 7) is 3.03. The number of anilines is 1. The van der Waals surface area contributed by atoms with Gasteiger partial charge in [-0.3, -0.25) is 0 Å². The molecular weight excluding hydrogens is 256 g/mol. The molecule has 1 aromatic rings. The Balaban J connectivity index is 2.16. The van der Waals surface area contributed by atoms with Gasteiger partial charge in [-0.05, 0) is 49.4 Å². The van der Waals surface area contributed by atoms with E-state index in [2.05, 4.69) is 37.1 Å². The van der Waals surface area contributed by atoms with Crippen LogP contribution >= 0.6 is 11.6 Å². The topological polar surface area (TPSA) is 29.3 Å². The molecule has 3 heteroatoms. The van der Waals surface area contributed by atoms with Crippen molar-refractivity contribution in [2.45, 2.75) is 45.1 Å². The van der Waals surface area contributed by atoms with Gasteiger partial charge in [-0.1, -0.05) is 37.4 Å². The van der Waals surface area contributed by atoms with Gasteiger partial charge in [0.2, 0.25) is 0 Å². The van der Waals surface area contributed by atoms with Gasteiger partial charge in [0.25, 0.3) is 0 Å². The summed E-state index contributed by atoms with van der Waals surface area (Å²) in [5.41, 5.74) is 7.97. The highest BCUT2D eigenvalue weighted by Crippen LogP contribution is 2.34. The van der Waals surface area contributed by atoms with Crippen LogP contribution in [0.4, 0.5) is 5.69 Å². The van der Waals surface area contributed by atoms with Crippen LogP contribution in [0.1, 0.15) is 38.2 Å². The molecule has 0 amide bonds. The van der Waals surface area contributed by atoms with Crippen molar-refractivity contribution in [1.29, 1.82) is 0 Å². The molecule has 0 aromatic heterocycles. The van der Waals surface area contributed by atoms with Gasteiger partial charge in [0.15, 0.2) is 0 Å². The first-order valence-corrected chi connectivity index (χ1v) is 7.72. The molecule has 1 aliphatic carbocycles. The van der Waals surface area contributed by atoms with Gasteiger partial charge in [0.1, 0.15) is 0 Å². The van der Waals surface area contributed by atoms with Crippen LogP contribution in [0.15, 0.2) is 18.2 Å². The molecule has 0 saturated heterocycles. The Morgan fingerprint density at radius 2 is 2.05 bits per heavy atom. The second kappa shape index (κ2) is 6.62. The van der Waals surface area contributed by atoms with Gasteiger partial charge in [0.05, 0.1) is 10.7 Å². The lowest BCUT2D eigenvalue weighted by Crippen LogP contribution is -2.39. The molecule has 1 saturated carbocycles. The van der Waals surface area contributed by atoms with E-state index in [1.54, 1.807) is 0 Å². The first-order valence-electron chi connectivity index (χ1n) is 7.35. The average Bonchev–Trinajstić information content (AvgIpc) is 2.39. The van der Waals surface area contributed by atoms with Crippen molar-refractivity contribution in [2.24, 2.45) is 11.7 Å². The number of rotatable bonds is 4. The van der Waals surface area contributed by atoms with E-state index in [1.807, 2.05) is 0 Å². The average molecular weight is 281 g/mol. The maximum atomic E-state index is 6.44. The molecule has 1 aliphatic rings. The van der Waals surface area contributed by atoms with E-state index in [1.165, 1.54) is 31.2 Å². The molecule has 0 aliphatic heterocycles. The van der Waals surface area contributed by atoms with E-state index in [9.17, 15) is 0 Å². The van der Waals surface area contributed by atoms with Crippen molar-refractivity contribution in [1.82, 2.24) is 0 Å². The summed E-state index contributed by atoms with van der Waals surface area (Å²) in [6.07, 6.45) is 6.21. The number of nitrogens with zero attached hydrogens (tertiary/aromatic N) is 1. The minimum atomic E-state index is 0.617. The second-order valence-electron chi connectivity index (χ2n) is 5.76. The third kappa shape index (κ3) is 3.43. The largest absolute Gasteiger partial charge is 0.370 e. The number of hydrogen-bond acceptors (Lipinski definition) is 2. The third-order valence-electron chi connectivity index (χ3n) is 4.39. The minimum absolute atomic E-state index is 0.617. The minimum Gasteiger partial charge on any atom is -0.370 e. The number of halogens is 1. The zero-order chi connectivity index (χ0) is 13.8. The summed E-state index contributed by atoms with van der Waals surface area (Å²) < 4.78 is 0. The lowest BCUT2D eigenvalue weighted by molar-refractivity contribution is 0.321. The summed E-state index contributed by atoms with van der Waals surface area (Å²) in [7, 11) is 2.18. The summed E-state index contributed by atoms with van der Waals surface area (Å²) in [5, 5.41) is 0.853. The summed E-state index contributed by atoms with van der Waals surface area (Å²) >= 11 is 6.44. The third-order valence-corrected chi connectivity index (χ3v) is 4.69. The van der Waals surface area contributed by atoms with Crippen LogP contribution in [-0.2, 0) is 6.42 Å². The Hall–Kier alpha value is -0.730. The fraction of sp³-hybridized carbons (Fsp3) is 0.625. The van der Waals surface area contributed by atoms with Crippen molar-refractivity contribution >= 4 is 17.3 Å². The van der Waals surface area contributed by atoms with Gasteiger partial charge in [0, 0.05) is 13.1 Å². The summed E-state index contributed by atoms with van der Waals surface area (Å²) in [5.74, 6) is 0.749. The Bertz CT molecular complexity index is 419. The van der Waals surface area contributed by atoms with Crippen LogP contribution in [0, 0.1) is 5.92 Å². The highest BCUT2D eigenvalue weighted by atomic mass is 35.5. The first kappa shape index (κ1) is 14.7. The highest BCUT2D eigenvalue weighted by molar-refractivity contribution is 6.33. The molecule has 2 atom stereocenters. The predicted molar refractivity (Wildman–Crippen MR) is 84.0 cm³/mol. The van der Waals surface area contributed by atoms with Gasteiger partial charge < -0.3 is 10.6 Å². The standard InChI is InChI=1S/C16H25ClN2/c1-12-5-3-4-6-15(12)19(2)16-8-7-13(9-10-18)11-14(16)17/h7-8,11-12,15H,3-6,9-10,18H2,1-2H3.